The second kappa shape index (κ2) is 7.74. The smallest absolute Gasteiger partial charge is 0.136 e. The second-order valence-electron chi connectivity index (χ2n) is 4.83. The highest BCUT2D eigenvalue weighted by molar-refractivity contribution is 5.26. The summed E-state index contributed by atoms with van der Waals surface area (Å²) in [7, 11) is 0. The molecule has 0 aliphatic carbocycles. The summed E-state index contributed by atoms with van der Waals surface area (Å²) < 4.78 is 32.3. The Morgan fingerprint density at radius 3 is 2.33 bits per heavy atom. The van der Waals surface area contributed by atoms with Gasteiger partial charge in [0, 0.05) is 24.7 Å². The summed E-state index contributed by atoms with van der Waals surface area (Å²) in [4.78, 5) is 0. The predicted molar refractivity (Wildman–Crippen MR) is 79.3 cm³/mol. The molecular weight excluding hydrogens is 272 g/mol. The Hall–Kier alpha value is -1.94. The summed E-state index contributed by atoms with van der Waals surface area (Å²) in [5, 5.41) is 3.27. The van der Waals surface area contributed by atoms with E-state index in [2.05, 4.69) is 12.2 Å². The SMILES string of the molecule is CCCNCC(Oc1cc(F)cc(F)c1)c1ccccc1. The second-order valence-corrected chi connectivity index (χ2v) is 4.83. The van der Waals surface area contributed by atoms with Gasteiger partial charge < -0.3 is 10.1 Å². The summed E-state index contributed by atoms with van der Waals surface area (Å²) in [5.41, 5.74) is 0.964. The molecule has 0 aromatic heterocycles. The molecule has 0 fully saturated rings. The highest BCUT2D eigenvalue weighted by Gasteiger charge is 2.14. The minimum Gasteiger partial charge on any atom is -0.484 e. The van der Waals surface area contributed by atoms with Crippen LogP contribution >= 0.6 is 0 Å². The summed E-state index contributed by atoms with van der Waals surface area (Å²) in [6.07, 6.45) is 0.717. The molecule has 1 unspecified atom stereocenters. The van der Waals surface area contributed by atoms with Crippen molar-refractivity contribution >= 4 is 0 Å². The quantitative estimate of drug-likeness (QED) is 0.776. The Morgan fingerprint density at radius 1 is 1.05 bits per heavy atom. The third-order valence-corrected chi connectivity index (χ3v) is 3.04. The Morgan fingerprint density at radius 2 is 1.71 bits per heavy atom. The summed E-state index contributed by atoms with van der Waals surface area (Å²) in [6.45, 7) is 3.52. The number of ether oxygens (including phenoxy) is 1. The van der Waals surface area contributed by atoms with Crippen LogP contribution in [0.3, 0.4) is 0 Å². The van der Waals surface area contributed by atoms with Gasteiger partial charge in [-0.3, -0.25) is 0 Å². The summed E-state index contributed by atoms with van der Waals surface area (Å²) >= 11 is 0. The van der Waals surface area contributed by atoms with Crippen LogP contribution in [-0.4, -0.2) is 13.1 Å². The Kier molecular flexibility index (Phi) is 5.69. The average Bonchev–Trinajstić information content (AvgIpc) is 2.46. The van der Waals surface area contributed by atoms with E-state index >= 15 is 0 Å². The number of hydrogen-bond acceptors (Lipinski definition) is 2. The predicted octanol–water partition coefficient (Wildman–Crippen LogP) is 4.08. The van der Waals surface area contributed by atoms with E-state index in [1.807, 2.05) is 30.3 Å². The van der Waals surface area contributed by atoms with Gasteiger partial charge in [-0.2, -0.15) is 0 Å². The van der Waals surface area contributed by atoms with Crippen LogP contribution in [0.15, 0.2) is 48.5 Å². The van der Waals surface area contributed by atoms with E-state index in [0.717, 1.165) is 24.6 Å². The van der Waals surface area contributed by atoms with Gasteiger partial charge in [0.15, 0.2) is 0 Å². The molecule has 0 saturated carbocycles. The van der Waals surface area contributed by atoms with Crippen molar-refractivity contribution in [1.82, 2.24) is 5.32 Å². The molecule has 4 heteroatoms. The van der Waals surface area contributed by atoms with Crippen LogP contribution in [0.1, 0.15) is 25.0 Å². The van der Waals surface area contributed by atoms with E-state index in [9.17, 15) is 8.78 Å². The van der Waals surface area contributed by atoms with Gasteiger partial charge in [0.25, 0.3) is 0 Å². The third-order valence-electron chi connectivity index (χ3n) is 3.04. The van der Waals surface area contributed by atoms with Crippen molar-refractivity contribution in [1.29, 1.82) is 0 Å². The van der Waals surface area contributed by atoms with Crippen LogP contribution in [0.4, 0.5) is 8.78 Å². The molecule has 2 nitrogen and oxygen atoms in total. The van der Waals surface area contributed by atoms with Crippen molar-refractivity contribution in [2.75, 3.05) is 13.1 Å². The van der Waals surface area contributed by atoms with Crippen LogP contribution in [0.25, 0.3) is 0 Å². The standard InChI is InChI=1S/C17H19F2NO/c1-2-8-20-12-17(13-6-4-3-5-7-13)21-16-10-14(18)9-15(19)11-16/h3-7,9-11,17,20H,2,8,12H2,1H3. The first-order chi connectivity index (χ1) is 10.2. The highest BCUT2D eigenvalue weighted by atomic mass is 19.1. The zero-order chi connectivity index (χ0) is 15.1. The molecule has 0 aliphatic heterocycles. The zero-order valence-electron chi connectivity index (χ0n) is 12.0. The molecule has 1 atom stereocenters. The van der Waals surface area contributed by atoms with Crippen LogP contribution < -0.4 is 10.1 Å². The molecule has 0 bridgehead atoms. The lowest BCUT2D eigenvalue weighted by molar-refractivity contribution is 0.200. The summed E-state index contributed by atoms with van der Waals surface area (Å²) in [6, 6.07) is 12.8. The Labute approximate surface area is 123 Å². The number of benzene rings is 2. The maximum atomic E-state index is 13.3. The van der Waals surface area contributed by atoms with Gasteiger partial charge in [-0.25, -0.2) is 8.78 Å². The topological polar surface area (TPSA) is 21.3 Å². The molecule has 21 heavy (non-hydrogen) atoms. The lowest BCUT2D eigenvalue weighted by Gasteiger charge is -2.20. The molecule has 0 amide bonds. The first kappa shape index (κ1) is 15.4. The molecular formula is C17H19F2NO. The molecule has 0 aliphatic rings. The van der Waals surface area contributed by atoms with Crippen molar-refractivity contribution < 1.29 is 13.5 Å². The van der Waals surface area contributed by atoms with Gasteiger partial charge in [0.2, 0.25) is 0 Å². The van der Waals surface area contributed by atoms with Crippen molar-refractivity contribution in [2.45, 2.75) is 19.4 Å². The molecule has 2 aromatic carbocycles. The molecule has 0 heterocycles. The van der Waals surface area contributed by atoms with Crippen molar-refractivity contribution in [3.8, 4) is 5.75 Å². The van der Waals surface area contributed by atoms with Gasteiger partial charge in [-0.05, 0) is 18.5 Å². The van der Waals surface area contributed by atoms with Crippen molar-refractivity contribution in [2.24, 2.45) is 0 Å². The van der Waals surface area contributed by atoms with Gasteiger partial charge in [-0.1, -0.05) is 37.3 Å². The molecule has 0 saturated heterocycles. The number of rotatable bonds is 7. The van der Waals surface area contributed by atoms with Gasteiger partial charge in [-0.15, -0.1) is 0 Å². The molecule has 0 spiro atoms. The molecule has 0 radical (unpaired) electrons. The fourth-order valence-electron chi connectivity index (χ4n) is 2.07. The lowest BCUT2D eigenvalue weighted by Crippen LogP contribution is -2.25. The Bertz CT molecular complexity index is 540. The largest absolute Gasteiger partial charge is 0.484 e. The van der Waals surface area contributed by atoms with E-state index < -0.39 is 11.6 Å². The number of nitrogens with one attached hydrogen (secondary N) is 1. The first-order valence-corrected chi connectivity index (χ1v) is 7.07. The molecule has 1 N–H and O–H groups in total. The van der Waals surface area contributed by atoms with Crippen LogP contribution in [-0.2, 0) is 0 Å². The van der Waals surface area contributed by atoms with Gasteiger partial charge in [0.05, 0.1) is 0 Å². The molecule has 112 valence electrons. The van der Waals surface area contributed by atoms with Crippen LogP contribution in [0.5, 0.6) is 5.75 Å². The zero-order valence-corrected chi connectivity index (χ0v) is 12.0. The van der Waals surface area contributed by atoms with E-state index in [4.69, 9.17) is 4.74 Å². The normalized spacial score (nSPS) is 12.1. The van der Waals surface area contributed by atoms with Crippen molar-refractivity contribution in [3.63, 3.8) is 0 Å². The molecule has 2 rings (SSSR count). The van der Waals surface area contributed by atoms with Crippen molar-refractivity contribution in [3.05, 3.63) is 65.7 Å². The fourth-order valence-corrected chi connectivity index (χ4v) is 2.07. The van der Waals surface area contributed by atoms with Gasteiger partial charge in [0.1, 0.15) is 23.5 Å². The lowest BCUT2D eigenvalue weighted by atomic mass is 10.1. The van der Waals surface area contributed by atoms with E-state index in [-0.39, 0.29) is 11.9 Å². The maximum Gasteiger partial charge on any atom is 0.136 e. The maximum absolute atomic E-state index is 13.3. The average molecular weight is 291 g/mol. The van der Waals surface area contributed by atoms with E-state index in [0.29, 0.717) is 6.54 Å². The monoisotopic (exact) mass is 291 g/mol. The summed E-state index contributed by atoms with van der Waals surface area (Å²) in [5.74, 6) is -1.09. The van der Waals surface area contributed by atoms with Crippen LogP contribution in [0.2, 0.25) is 0 Å². The van der Waals surface area contributed by atoms with Gasteiger partial charge >= 0.3 is 0 Å². The third kappa shape index (κ3) is 4.83. The van der Waals surface area contributed by atoms with Crippen LogP contribution in [0, 0.1) is 11.6 Å². The number of hydrogen-bond donors (Lipinski definition) is 1. The fraction of sp³-hybridized carbons (Fsp3) is 0.294. The van der Waals surface area contributed by atoms with E-state index in [1.54, 1.807) is 0 Å². The minimum atomic E-state index is -0.640. The number of halogens is 2. The molecule has 2 aromatic rings. The first-order valence-electron chi connectivity index (χ1n) is 7.07. The Balaban J connectivity index is 2.15. The van der Waals surface area contributed by atoms with E-state index in [1.165, 1.54) is 12.1 Å². The minimum absolute atomic E-state index is 0.194. The highest BCUT2D eigenvalue weighted by Crippen LogP contribution is 2.23.